The summed E-state index contributed by atoms with van der Waals surface area (Å²) < 4.78 is 11.3. The van der Waals surface area contributed by atoms with Gasteiger partial charge < -0.3 is 19.8 Å². The van der Waals surface area contributed by atoms with Crippen molar-refractivity contribution < 1.29 is 18.7 Å². The minimum Gasteiger partial charge on any atom is -0.494 e. The number of rotatable bonds is 8. The monoisotopic (exact) mass is 442 g/mol. The molecule has 0 saturated carbocycles. The van der Waals surface area contributed by atoms with Crippen LogP contribution in [0, 0.1) is 6.92 Å². The highest BCUT2D eigenvalue weighted by atomic mass is 16.5. The molecule has 168 valence electrons. The number of carbonyl (C=O) groups excluding carboxylic acids is 2. The van der Waals surface area contributed by atoms with E-state index in [1.54, 1.807) is 42.5 Å². The summed E-state index contributed by atoms with van der Waals surface area (Å²) in [5.41, 5.74) is 3.31. The first-order valence-corrected chi connectivity index (χ1v) is 11.0. The standard InChI is InChI=1S/C27H26N2O4/c1-3-4-15-32-22-12-9-19(10-13-22)26(30)28-21-11-14-23(18(2)16-21)29-27(31)25-17-20-7-5-6-8-24(20)33-25/h5-14,16-17H,3-4,15H2,1-2H3,(H,28,30)(H,29,31). The molecular formula is C27H26N2O4. The van der Waals surface area contributed by atoms with Crippen LogP contribution in [-0.4, -0.2) is 18.4 Å². The van der Waals surface area contributed by atoms with Gasteiger partial charge in [-0.05, 0) is 73.5 Å². The average Bonchev–Trinajstić information content (AvgIpc) is 3.26. The molecule has 0 spiro atoms. The van der Waals surface area contributed by atoms with Gasteiger partial charge in [0.15, 0.2) is 5.76 Å². The van der Waals surface area contributed by atoms with Crippen molar-refractivity contribution in [1.82, 2.24) is 0 Å². The molecule has 0 aliphatic heterocycles. The minimum absolute atomic E-state index is 0.214. The van der Waals surface area contributed by atoms with Crippen LogP contribution in [0.4, 0.5) is 11.4 Å². The zero-order valence-corrected chi connectivity index (χ0v) is 18.7. The molecule has 6 nitrogen and oxygen atoms in total. The minimum atomic E-state index is -0.327. The molecule has 33 heavy (non-hydrogen) atoms. The van der Waals surface area contributed by atoms with Gasteiger partial charge in [-0.3, -0.25) is 9.59 Å². The van der Waals surface area contributed by atoms with Crippen LogP contribution < -0.4 is 15.4 Å². The molecule has 0 bridgehead atoms. The molecule has 3 aromatic carbocycles. The lowest BCUT2D eigenvalue weighted by molar-refractivity contribution is 0.0996. The Morgan fingerprint density at radius 1 is 0.909 bits per heavy atom. The number of unbranched alkanes of at least 4 members (excludes halogenated alkanes) is 1. The van der Waals surface area contributed by atoms with Crippen molar-refractivity contribution >= 4 is 34.2 Å². The number of amides is 2. The van der Waals surface area contributed by atoms with Gasteiger partial charge in [-0.25, -0.2) is 0 Å². The number of hydrogen-bond acceptors (Lipinski definition) is 4. The molecular weight excluding hydrogens is 416 g/mol. The molecule has 6 heteroatoms. The Balaban J connectivity index is 1.38. The highest BCUT2D eigenvalue weighted by molar-refractivity contribution is 6.06. The molecule has 0 fully saturated rings. The quantitative estimate of drug-likeness (QED) is 0.308. The van der Waals surface area contributed by atoms with Crippen molar-refractivity contribution in [1.29, 1.82) is 0 Å². The van der Waals surface area contributed by atoms with Gasteiger partial charge in [-0.1, -0.05) is 31.5 Å². The molecule has 0 atom stereocenters. The van der Waals surface area contributed by atoms with Crippen molar-refractivity contribution in [2.45, 2.75) is 26.7 Å². The maximum Gasteiger partial charge on any atom is 0.291 e. The summed E-state index contributed by atoms with van der Waals surface area (Å²) in [6.45, 7) is 4.65. The molecule has 0 aliphatic carbocycles. The largest absolute Gasteiger partial charge is 0.494 e. The molecule has 2 amide bonds. The van der Waals surface area contributed by atoms with Crippen LogP contribution in [0.3, 0.4) is 0 Å². The zero-order valence-electron chi connectivity index (χ0n) is 18.7. The number of benzene rings is 3. The normalized spacial score (nSPS) is 10.7. The molecule has 0 unspecified atom stereocenters. The summed E-state index contributed by atoms with van der Waals surface area (Å²) in [6, 6.07) is 21.6. The van der Waals surface area contributed by atoms with Crippen LogP contribution in [0.2, 0.25) is 0 Å². The number of ether oxygens (including phenoxy) is 1. The van der Waals surface area contributed by atoms with Crippen LogP contribution in [0.15, 0.2) is 77.2 Å². The predicted octanol–water partition coefficient (Wildman–Crippen LogP) is 6.42. The van der Waals surface area contributed by atoms with Crippen LogP contribution in [0.1, 0.15) is 46.2 Å². The third-order valence-corrected chi connectivity index (χ3v) is 5.26. The molecule has 1 aromatic heterocycles. The van der Waals surface area contributed by atoms with Crippen molar-refractivity contribution in [2.24, 2.45) is 0 Å². The second kappa shape index (κ2) is 10.0. The first-order chi connectivity index (χ1) is 16.0. The Kier molecular flexibility index (Phi) is 6.74. The number of nitrogens with one attached hydrogen (secondary N) is 2. The summed E-state index contributed by atoms with van der Waals surface area (Å²) in [5.74, 6) is 0.455. The van der Waals surface area contributed by atoms with Crippen molar-refractivity contribution in [2.75, 3.05) is 17.2 Å². The topological polar surface area (TPSA) is 80.6 Å². The Bertz CT molecular complexity index is 1240. The lowest BCUT2D eigenvalue weighted by atomic mass is 10.1. The van der Waals surface area contributed by atoms with E-state index < -0.39 is 0 Å². The fourth-order valence-electron chi connectivity index (χ4n) is 3.40. The molecule has 4 rings (SSSR count). The second-order valence-corrected chi connectivity index (χ2v) is 7.81. The highest BCUT2D eigenvalue weighted by Gasteiger charge is 2.14. The highest BCUT2D eigenvalue weighted by Crippen LogP contribution is 2.23. The Hall–Kier alpha value is -4.06. The van der Waals surface area contributed by atoms with E-state index in [4.69, 9.17) is 9.15 Å². The van der Waals surface area contributed by atoms with E-state index in [1.807, 2.05) is 37.3 Å². The number of anilines is 2. The first kappa shape index (κ1) is 22.1. The number of hydrogen-bond donors (Lipinski definition) is 2. The first-order valence-electron chi connectivity index (χ1n) is 11.0. The van der Waals surface area contributed by atoms with Gasteiger partial charge in [0.1, 0.15) is 11.3 Å². The van der Waals surface area contributed by atoms with Crippen molar-refractivity contribution in [3.63, 3.8) is 0 Å². The van der Waals surface area contributed by atoms with Gasteiger partial charge in [-0.15, -0.1) is 0 Å². The molecule has 2 N–H and O–H groups in total. The average molecular weight is 443 g/mol. The molecule has 0 radical (unpaired) electrons. The maximum atomic E-state index is 12.6. The van der Waals surface area contributed by atoms with Crippen molar-refractivity contribution in [3.8, 4) is 5.75 Å². The molecule has 0 aliphatic rings. The summed E-state index contributed by atoms with van der Waals surface area (Å²) in [5, 5.41) is 6.63. The number of furan rings is 1. The lowest BCUT2D eigenvalue weighted by Crippen LogP contribution is -2.14. The molecule has 0 saturated heterocycles. The van der Waals surface area contributed by atoms with Gasteiger partial charge in [0.05, 0.1) is 6.61 Å². The number of fused-ring (bicyclic) bond motifs is 1. The summed E-state index contributed by atoms with van der Waals surface area (Å²) in [6.07, 6.45) is 2.07. The van der Waals surface area contributed by atoms with Crippen LogP contribution >= 0.6 is 0 Å². The van der Waals surface area contributed by atoms with E-state index in [0.717, 1.165) is 29.5 Å². The van der Waals surface area contributed by atoms with E-state index in [0.29, 0.717) is 29.1 Å². The molecule has 4 aromatic rings. The van der Waals surface area contributed by atoms with E-state index in [-0.39, 0.29) is 17.6 Å². The summed E-state index contributed by atoms with van der Waals surface area (Å²) >= 11 is 0. The number of carbonyl (C=O) groups is 2. The number of para-hydroxylation sites is 1. The van der Waals surface area contributed by atoms with Crippen LogP contribution in [0.25, 0.3) is 11.0 Å². The Labute approximate surface area is 192 Å². The third kappa shape index (κ3) is 5.41. The van der Waals surface area contributed by atoms with E-state index in [1.165, 1.54) is 0 Å². The number of aryl methyl sites for hydroxylation is 1. The van der Waals surface area contributed by atoms with Gasteiger partial charge in [0.25, 0.3) is 11.8 Å². The summed E-state index contributed by atoms with van der Waals surface area (Å²) in [7, 11) is 0. The van der Waals surface area contributed by atoms with Gasteiger partial charge in [0.2, 0.25) is 0 Å². The Morgan fingerprint density at radius 2 is 1.70 bits per heavy atom. The summed E-state index contributed by atoms with van der Waals surface area (Å²) in [4.78, 5) is 25.2. The van der Waals surface area contributed by atoms with Gasteiger partial charge in [-0.2, -0.15) is 0 Å². The fourth-order valence-corrected chi connectivity index (χ4v) is 3.40. The van der Waals surface area contributed by atoms with Crippen LogP contribution in [0.5, 0.6) is 5.75 Å². The van der Waals surface area contributed by atoms with Crippen LogP contribution in [-0.2, 0) is 0 Å². The smallest absolute Gasteiger partial charge is 0.291 e. The van der Waals surface area contributed by atoms with Gasteiger partial charge in [0, 0.05) is 22.3 Å². The maximum absolute atomic E-state index is 12.6. The lowest BCUT2D eigenvalue weighted by Gasteiger charge is -2.11. The SMILES string of the molecule is CCCCOc1ccc(C(=O)Nc2ccc(NC(=O)c3cc4ccccc4o3)c(C)c2)cc1. The molecule has 1 heterocycles. The predicted molar refractivity (Wildman–Crippen MR) is 130 cm³/mol. The van der Waals surface area contributed by atoms with E-state index in [9.17, 15) is 9.59 Å². The van der Waals surface area contributed by atoms with E-state index in [2.05, 4.69) is 17.6 Å². The van der Waals surface area contributed by atoms with Gasteiger partial charge >= 0.3 is 0 Å². The fraction of sp³-hybridized carbons (Fsp3) is 0.185. The Morgan fingerprint density at radius 3 is 2.42 bits per heavy atom. The van der Waals surface area contributed by atoms with E-state index >= 15 is 0 Å². The second-order valence-electron chi connectivity index (χ2n) is 7.81. The third-order valence-electron chi connectivity index (χ3n) is 5.26. The zero-order chi connectivity index (χ0) is 23.2. The van der Waals surface area contributed by atoms with Crippen molar-refractivity contribution in [3.05, 3.63) is 89.7 Å².